The van der Waals surface area contributed by atoms with Crippen LogP contribution >= 0.6 is 11.6 Å². The van der Waals surface area contributed by atoms with Gasteiger partial charge in [0.2, 0.25) is 5.78 Å². The Labute approximate surface area is 172 Å². The highest BCUT2D eigenvalue weighted by molar-refractivity contribution is 6.30. The largest absolute Gasteiger partial charge is 0.332 e. The van der Waals surface area contributed by atoms with Crippen molar-refractivity contribution in [2.24, 2.45) is 7.05 Å². The summed E-state index contributed by atoms with van der Waals surface area (Å²) < 4.78 is 6.72. The highest BCUT2D eigenvalue weighted by Crippen LogP contribution is 2.25. The van der Waals surface area contributed by atoms with Crippen LogP contribution in [0.5, 0.6) is 0 Å². The van der Waals surface area contributed by atoms with Gasteiger partial charge in [0.15, 0.2) is 11.2 Å². The quantitative estimate of drug-likeness (QED) is 0.514. The van der Waals surface area contributed by atoms with Gasteiger partial charge in [0.25, 0.3) is 5.56 Å². The van der Waals surface area contributed by atoms with Crippen LogP contribution in [-0.2, 0) is 13.6 Å². The van der Waals surface area contributed by atoms with Gasteiger partial charge in [0, 0.05) is 29.5 Å². The predicted molar refractivity (Wildman–Crippen MR) is 115 cm³/mol. The highest BCUT2D eigenvalue weighted by atomic mass is 35.5. The molecule has 7 nitrogen and oxygen atoms in total. The third-order valence-electron chi connectivity index (χ3n) is 5.82. The average molecular weight is 414 g/mol. The van der Waals surface area contributed by atoms with E-state index >= 15 is 0 Å². The van der Waals surface area contributed by atoms with Gasteiger partial charge in [-0.2, -0.15) is 4.98 Å². The minimum Gasteiger partial charge on any atom is -0.311 e. The van der Waals surface area contributed by atoms with Crippen molar-refractivity contribution in [2.45, 2.75) is 46.7 Å². The predicted octanol–water partition coefficient (Wildman–Crippen LogP) is 3.44. The van der Waals surface area contributed by atoms with E-state index in [1.54, 1.807) is 19.2 Å². The van der Waals surface area contributed by atoms with E-state index in [2.05, 4.69) is 18.4 Å². The number of imidazole rings is 2. The second kappa shape index (κ2) is 6.91. The van der Waals surface area contributed by atoms with E-state index in [0.717, 1.165) is 23.4 Å². The van der Waals surface area contributed by atoms with Crippen LogP contribution in [0.15, 0.2) is 33.9 Å². The maximum Gasteiger partial charge on any atom is 0.332 e. The fourth-order valence-corrected chi connectivity index (χ4v) is 4.16. The zero-order chi connectivity index (χ0) is 21.0. The molecule has 4 rings (SSSR count). The smallest absolute Gasteiger partial charge is 0.311 e. The van der Waals surface area contributed by atoms with Crippen LogP contribution in [0.1, 0.15) is 43.3 Å². The zero-order valence-corrected chi connectivity index (χ0v) is 18.0. The molecular formula is C21H24ClN5O2. The number of benzene rings is 1. The third-order valence-corrected chi connectivity index (χ3v) is 6.06. The molecule has 0 radical (unpaired) electrons. The molecule has 3 heterocycles. The zero-order valence-electron chi connectivity index (χ0n) is 17.2. The van der Waals surface area contributed by atoms with Crippen LogP contribution in [0.3, 0.4) is 0 Å². The van der Waals surface area contributed by atoms with E-state index in [1.165, 1.54) is 9.13 Å². The van der Waals surface area contributed by atoms with Gasteiger partial charge in [0.05, 0.1) is 6.54 Å². The topological polar surface area (TPSA) is 66.2 Å². The number of hydrogen-bond acceptors (Lipinski definition) is 3. The molecule has 0 saturated carbocycles. The van der Waals surface area contributed by atoms with Crippen LogP contribution in [0.25, 0.3) is 16.9 Å². The molecule has 29 heavy (non-hydrogen) atoms. The summed E-state index contributed by atoms with van der Waals surface area (Å²) in [7, 11) is 1.65. The van der Waals surface area contributed by atoms with E-state index in [0.29, 0.717) is 22.0 Å². The van der Waals surface area contributed by atoms with Gasteiger partial charge < -0.3 is 4.57 Å². The van der Waals surface area contributed by atoms with Gasteiger partial charge in [0.1, 0.15) is 0 Å². The Bertz CT molecular complexity index is 1370. The molecule has 0 amide bonds. The standard InChI is InChI=1S/C21H24ClN5O2/c1-6-12(2)26-13(3)14(4)27-17-18(23-20(26)27)24(5)21(29)25(19(17)28)11-15-8-7-9-16(22)10-15/h7-10,12H,6,11H2,1-5H3/t12-/m0/s1. The maximum absolute atomic E-state index is 13.4. The number of fused-ring (bicyclic) bond motifs is 3. The summed E-state index contributed by atoms with van der Waals surface area (Å²) in [5, 5.41) is 0.567. The summed E-state index contributed by atoms with van der Waals surface area (Å²) in [4.78, 5) is 31.1. The molecule has 1 atom stereocenters. The van der Waals surface area contributed by atoms with E-state index in [-0.39, 0.29) is 18.1 Å². The summed E-state index contributed by atoms with van der Waals surface area (Å²) in [5.74, 6) is 0.692. The van der Waals surface area contributed by atoms with Gasteiger partial charge in [-0.3, -0.25) is 18.3 Å². The lowest BCUT2D eigenvalue weighted by Gasteiger charge is -2.13. The first-order valence-electron chi connectivity index (χ1n) is 9.70. The molecule has 3 aromatic heterocycles. The Morgan fingerprint density at radius 1 is 1.17 bits per heavy atom. The van der Waals surface area contributed by atoms with Crippen LogP contribution in [-0.4, -0.2) is 23.1 Å². The molecule has 1 aromatic carbocycles. The number of nitrogens with zero attached hydrogens (tertiary/aromatic N) is 5. The second-order valence-corrected chi connectivity index (χ2v) is 8.02. The van der Waals surface area contributed by atoms with E-state index < -0.39 is 5.69 Å². The van der Waals surface area contributed by atoms with Crippen molar-refractivity contribution in [2.75, 3.05) is 0 Å². The molecule has 0 fully saturated rings. The first kappa shape index (κ1) is 19.5. The SMILES string of the molecule is CC[C@H](C)n1c(C)c(C)n2c3c(=O)n(Cc4cccc(Cl)c4)c(=O)n(C)c3nc12. The van der Waals surface area contributed by atoms with Crippen molar-refractivity contribution in [3.05, 3.63) is 67.1 Å². The van der Waals surface area contributed by atoms with Gasteiger partial charge in [-0.15, -0.1) is 0 Å². The van der Waals surface area contributed by atoms with Crippen LogP contribution in [0.4, 0.5) is 0 Å². The third kappa shape index (κ3) is 2.83. The van der Waals surface area contributed by atoms with Gasteiger partial charge >= 0.3 is 5.69 Å². The van der Waals surface area contributed by atoms with Crippen LogP contribution in [0.2, 0.25) is 5.02 Å². The van der Waals surface area contributed by atoms with E-state index in [9.17, 15) is 9.59 Å². The minimum atomic E-state index is -0.396. The molecular weight excluding hydrogens is 390 g/mol. The van der Waals surface area contributed by atoms with Crippen molar-refractivity contribution >= 4 is 28.5 Å². The number of aryl methyl sites for hydroxylation is 2. The van der Waals surface area contributed by atoms with Crippen molar-refractivity contribution in [3.63, 3.8) is 0 Å². The number of rotatable bonds is 4. The highest BCUT2D eigenvalue weighted by Gasteiger charge is 2.24. The summed E-state index contributed by atoms with van der Waals surface area (Å²) in [6, 6.07) is 7.41. The number of halogens is 1. The Morgan fingerprint density at radius 2 is 1.90 bits per heavy atom. The van der Waals surface area contributed by atoms with Gasteiger partial charge in [-0.25, -0.2) is 4.79 Å². The van der Waals surface area contributed by atoms with Gasteiger partial charge in [-0.1, -0.05) is 30.7 Å². The first-order valence-corrected chi connectivity index (χ1v) is 10.1. The fourth-order valence-electron chi connectivity index (χ4n) is 3.94. The second-order valence-electron chi connectivity index (χ2n) is 7.58. The summed E-state index contributed by atoms with van der Waals surface area (Å²) >= 11 is 6.07. The Balaban J connectivity index is 2.07. The Kier molecular flexibility index (Phi) is 4.65. The summed E-state index contributed by atoms with van der Waals surface area (Å²) in [5.41, 5.74) is 2.89. The molecule has 0 bridgehead atoms. The van der Waals surface area contributed by atoms with Crippen molar-refractivity contribution in [1.82, 2.24) is 23.1 Å². The monoisotopic (exact) mass is 413 g/mol. The maximum atomic E-state index is 13.4. The average Bonchev–Trinajstić information content (AvgIpc) is 3.19. The lowest BCUT2D eigenvalue weighted by atomic mass is 10.2. The molecule has 0 spiro atoms. The molecule has 0 saturated heterocycles. The molecule has 0 aliphatic rings. The van der Waals surface area contributed by atoms with Crippen LogP contribution < -0.4 is 11.2 Å². The molecule has 8 heteroatoms. The van der Waals surface area contributed by atoms with Gasteiger partial charge in [-0.05, 0) is 44.9 Å². The normalized spacial score (nSPS) is 12.9. The molecule has 0 unspecified atom stereocenters. The van der Waals surface area contributed by atoms with E-state index in [4.69, 9.17) is 16.6 Å². The fraction of sp³-hybridized carbons (Fsp3) is 0.381. The van der Waals surface area contributed by atoms with E-state index in [1.807, 2.05) is 30.4 Å². The van der Waals surface area contributed by atoms with Crippen molar-refractivity contribution < 1.29 is 0 Å². The van der Waals surface area contributed by atoms with Crippen LogP contribution in [0, 0.1) is 13.8 Å². The first-order chi connectivity index (χ1) is 13.8. The summed E-state index contributed by atoms with van der Waals surface area (Å²) in [6.07, 6.45) is 0.936. The van der Waals surface area contributed by atoms with Crippen molar-refractivity contribution in [1.29, 1.82) is 0 Å². The van der Waals surface area contributed by atoms with Crippen molar-refractivity contribution in [3.8, 4) is 0 Å². The number of hydrogen-bond donors (Lipinski definition) is 0. The molecule has 0 aliphatic heterocycles. The molecule has 0 N–H and O–H groups in total. The lowest BCUT2D eigenvalue weighted by Crippen LogP contribution is -2.39. The Morgan fingerprint density at radius 3 is 2.55 bits per heavy atom. The summed E-state index contributed by atoms with van der Waals surface area (Å²) in [6.45, 7) is 8.41. The number of aromatic nitrogens is 5. The molecule has 4 aromatic rings. The lowest BCUT2D eigenvalue weighted by molar-refractivity contribution is 0.532. The molecule has 152 valence electrons. The Hall–Kier alpha value is -2.80. The molecule has 0 aliphatic carbocycles. The minimum absolute atomic E-state index is 0.152.